The molecular formula is C21H18F2N2O2S. The number of nitrogens with one attached hydrogen (secondary N) is 1. The SMILES string of the molecule is O=C(NCC1CC1)c1csc(-c2ccc(OCc3ccc(F)c(F)c3)cc2)n1. The molecule has 1 fully saturated rings. The predicted molar refractivity (Wildman–Crippen MR) is 103 cm³/mol. The largest absolute Gasteiger partial charge is 0.489 e. The van der Waals surface area contributed by atoms with Crippen molar-refractivity contribution in [2.75, 3.05) is 6.54 Å². The van der Waals surface area contributed by atoms with Gasteiger partial charge in [-0.05, 0) is 60.7 Å². The van der Waals surface area contributed by atoms with Gasteiger partial charge >= 0.3 is 0 Å². The van der Waals surface area contributed by atoms with Crippen LogP contribution in [0.3, 0.4) is 0 Å². The Bertz CT molecular complexity index is 984. The zero-order valence-corrected chi connectivity index (χ0v) is 15.8. The predicted octanol–water partition coefficient (Wildman–Crippen LogP) is 4.81. The average Bonchev–Trinajstić information content (AvgIpc) is 3.41. The molecule has 1 aliphatic rings. The van der Waals surface area contributed by atoms with E-state index in [2.05, 4.69) is 10.3 Å². The van der Waals surface area contributed by atoms with E-state index in [-0.39, 0.29) is 12.5 Å². The molecule has 1 saturated carbocycles. The van der Waals surface area contributed by atoms with E-state index >= 15 is 0 Å². The number of carbonyl (C=O) groups is 1. The molecule has 0 radical (unpaired) electrons. The monoisotopic (exact) mass is 400 g/mol. The van der Waals surface area contributed by atoms with Crippen molar-refractivity contribution >= 4 is 17.2 Å². The number of ether oxygens (including phenoxy) is 1. The van der Waals surface area contributed by atoms with Crippen molar-refractivity contribution in [1.29, 1.82) is 0 Å². The summed E-state index contributed by atoms with van der Waals surface area (Å²) in [6, 6.07) is 11.0. The smallest absolute Gasteiger partial charge is 0.270 e. The van der Waals surface area contributed by atoms with Crippen LogP contribution in [0.5, 0.6) is 5.75 Å². The van der Waals surface area contributed by atoms with Gasteiger partial charge in [0.1, 0.15) is 23.1 Å². The van der Waals surface area contributed by atoms with Crippen LogP contribution in [-0.2, 0) is 6.61 Å². The zero-order valence-electron chi connectivity index (χ0n) is 15.0. The van der Waals surface area contributed by atoms with Crippen LogP contribution in [-0.4, -0.2) is 17.4 Å². The average molecular weight is 400 g/mol. The summed E-state index contributed by atoms with van der Waals surface area (Å²) in [5, 5.41) is 5.42. The maximum atomic E-state index is 13.2. The lowest BCUT2D eigenvalue weighted by Crippen LogP contribution is -2.25. The van der Waals surface area contributed by atoms with Gasteiger partial charge < -0.3 is 10.1 Å². The second-order valence-corrected chi connectivity index (χ2v) is 7.61. The van der Waals surface area contributed by atoms with Crippen LogP contribution in [0.2, 0.25) is 0 Å². The van der Waals surface area contributed by atoms with Gasteiger partial charge in [-0.25, -0.2) is 13.8 Å². The van der Waals surface area contributed by atoms with Crippen LogP contribution < -0.4 is 10.1 Å². The molecule has 4 rings (SSSR count). The van der Waals surface area contributed by atoms with Gasteiger partial charge in [0.15, 0.2) is 11.6 Å². The molecule has 0 bridgehead atoms. The minimum absolute atomic E-state index is 0.138. The molecule has 7 heteroatoms. The summed E-state index contributed by atoms with van der Waals surface area (Å²) in [6.07, 6.45) is 2.38. The number of halogens is 2. The van der Waals surface area contributed by atoms with E-state index in [9.17, 15) is 13.6 Å². The van der Waals surface area contributed by atoms with Crippen molar-refractivity contribution in [1.82, 2.24) is 10.3 Å². The third-order valence-electron chi connectivity index (χ3n) is 4.48. The molecule has 0 aliphatic heterocycles. The van der Waals surface area contributed by atoms with E-state index < -0.39 is 11.6 Å². The van der Waals surface area contributed by atoms with E-state index in [0.29, 0.717) is 22.9 Å². The highest BCUT2D eigenvalue weighted by molar-refractivity contribution is 7.13. The molecule has 0 saturated heterocycles. The Balaban J connectivity index is 1.36. The maximum absolute atomic E-state index is 13.2. The van der Waals surface area contributed by atoms with Gasteiger partial charge in [0, 0.05) is 17.5 Å². The van der Waals surface area contributed by atoms with E-state index in [4.69, 9.17) is 4.74 Å². The third kappa shape index (κ3) is 4.54. The number of amides is 1. The van der Waals surface area contributed by atoms with Crippen molar-refractivity contribution in [3.63, 3.8) is 0 Å². The van der Waals surface area contributed by atoms with Crippen LogP contribution in [0.25, 0.3) is 10.6 Å². The summed E-state index contributed by atoms with van der Waals surface area (Å²) in [5.41, 5.74) is 1.86. The van der Waals surface area contributed by atoms with Gasteiger partial charge in [0.05, 0.1) is 0 Å². The van der Waals surface area contributed by atoms with Gasteiger partial charge in [-0.15, -0.1) is 11.3 Å². The van der Waals surface area contributed by atoms with Crippen LogP contribution in [0.1, 0.15) is 28.9 Å². The molecule has 1 aromatic heterocycles. The second-order valence-electron chi connectivity index (χ2n) is 6.75. The summed E-state index contributed by atoms with van der Waals surface area (Å²) < 4.78 is 31.8. The molecule has 1 amide bonds. The van der Waals surface area contributed by atoms with Gasteiger partial charge in [-0.3, -0.25) is 4.79 Å². The van der Waals surface area contributed by atoms with E-state index in [1.54, 1.807) is 17.5 Å². The Morgan fingerprint density at radius 2 is 1.93 bits per heavy atom. The number of rotatable bonds is 7. The molecule has 28 heavy (non-hydrogen) atoms. The molecule has 3 aromatic rings. The fraction of sp³-hybridized carbons (Fsp3) is 0.238. The Morgan fingerprint density at radius 1 is 1.14 bits per heavy atom. The van der Waals surface area contributed by atoms with Crippen molar-refractivity contribution in [3.05, 3.63) is 70.7 Å². The molecule has 144 valence electrons. The molecule has 1 heterocycles. The third-order valence-corrected chi connectivity index (χ3v) is 5.37. The van der Waals surface area contributed by atoms with Gasteiger partial charge in [-0.2, -0.15) is 0 Å². The lowest BCUT2D eigenvalue weighted by molar-refractivity contribution is 0.0947. The minimum Gasteiger partial charge on any atom is -0.489 e. The maximum Gasteiger partial charge on any atom is 0.270 e. The standard InChI is InChI=1S/C21H18F2N2O2S/c22-17-8-3-14(9-18(17)23)11-27-16-6-4-15(5-7-16)21-25-19(12-28-21)20(26)24-10-13-1-2-13/h3-9,12-13H,1-2,10-11H2,(H,24,26). The van der Waals surface area contributed by atoms with Gasteiger partial charge in [-0.1, -0.05) is 6.07 Å². The fourth-order valence-electron chi connectivity index (χ4n) is 2.65. The first-order valence-electron chi connectivity index (χ1n) is 8.99. The van der Waals surface area contributed by atoms with Gasteiger partial charge in [0.2, 0.25) is 0 Å². The number of thiazole rings is 1. The quantitative estimate of drug-likeness (QED) is 0.619. The molecule has 1 aliphatic carbocycles. The molecular weight excluding hydrogens is 382 g/mol. The Kier molecular flexibility index (Phi) is 5.34. The molecule has 0 atom stereocenters. The van der Waals surface area contributed by atoms with Crippen molar-refractivity contribution in [2.45, 2.75) is 19.4 Å². The first-order chi connectivity index (χ1) is 13.6. The molecule has 0 unspecified atom stereocenters. The van der Waals surface area contributed by atoms with Crippen LogP contribution in [0.15, 0.2) is 47.8 Å². The summed E-state index contributed by atoms with van der Waals surface area (Å²) in [5.74, 6) is -0.677. The Hall–Kier alpha value is -2.80. The van der Waals surface area contributed by atoms with Gasteiger partial charge in [0.25, 0.3) is 5.91 Å². The molecule has 2 aromatic carbocycles. The van der Waals surface area contributed by atoms with Crippen LogP contribution in [0.4, 0.5) is 8.78 Å². The summed E-state index contributed by atoms with van der Waals surface area (Å²) in [7, 11) is 0. The van der Waals surface area contributed by atoms with E-state index in [1.807, 2.05) is 12.1 Å². The first kappa shape index (κ1) is 18.6. The number of carbonyl (C=O) groups excluding carboxylic acids is 1. The normalized spacial score (nSPS) is 13.4. The van der Waals surface area contributed by atoms with Crippen LogP contribution >= 0.6 is 11.3 Å². The number of hydrogen-bond donors (Lipinski definition) is 1. The first-order valence-corrected chi connectivity index (χ1v) is 9.87. The Labute approximate surface area is 165 Å². The molecule has 0 spiro atoms. The zero-order chi connectivity index (χ0) is 19.5. The number of aromatic nitrogens is 1. The van der Waals surface area contributed by atoms with E-state index in [0.717, 1.165) is 29.2 Å². The highest BCUT2D eigenvalue weighted by atomic mass is 32.1. The lowest BCUT2D eigenvalue weighted by atomic mass is 10.2. The lowest BCUT2D eigenvalue weighted by Gasteiger charge is -2.07. The second kappa shape index (κ2) is 8.06. The topological polar surface area (TPSA) is 51.2 Å². The highest BCUT2D eigenvalue weighted by Gasteiger charge is 2.22. The van der Waals surface area contributed by atoms with Crippen molar-refractivity contribution in [3.8, 4) is 16.3 Å². The summed E-state index contributed by atoms with van der Waals surface area (Å²) >= 11 is 1.41. The Morgan fingerprint density at radius 3 is 2.64 bits per heavy atom. The number of nitrogens with zero attached hydrogens (tertiary/aromatic N) is 1. The van der Waals surface area contributed by atoms with Crippen molar-refractivity contribution < 1.29 is 18.3 Å². The van der Waals surface area contributed by atoms with Crippen LogP contribution in [0, 0.1) is 17.6 Å². The summed E-state index contributed by atoms with van der Waals surface area (Å²) in [4.78, 5) is 16.5. The number of hydrogen-bond acceptors (Lipinski definition) is 4. The summed E-state index contributed by atoms with van der Waals surface area (Å²) in [6.45, 7) is 0.856. The van der Waals surface area contributed by atoms with E-state index in [1.165, 1.54) is 30.2 Å². The molecule has 1 N–H and O–H groups in total. The van der Waals surface area contributed by atoms with Crippen molar-refractivity contribution in [2.24, 2.45) is 5.92 Å². The molecule has 4 nitrogen and oxygen atoms in total. The fourth-order valence-corrected chi connectivity index (χ4v) is 3.46. The minimum atomic E-state index is -0.891. The number of benzene rings is 2. The highest BCUT2D eigenvalue weighted by Crippen LogP contribution is 2.28.